The van der Waals surface area contributed by atoms with Crippen LogP contribution in [0.1, 0.15) is 25.0 Å². The smallest absolute Gasteiger partial charge is 0.134 e. The zero-order valence-electron chi connectivity index (χ0n) is 8.84. The van der Waals surface area contributed by atoms with Gasteiger partial charge in [-0.05, 0) is 31.5 Å². The van der Waals surface area contributed by atoms with Crippen LogP contribution in [0.15, 0.2) is 12.1 Å². The van der Waals surface area contributed by atoms with Crippen molar-refractivity contribution < 1.29 is 9.53 Å². The number of ketones is 1. The van der Waals surface area contributed by atoms with Crippen molar-refractivity contribution in [1.82, 2.24) is 0 Å². The minimum absolute atomic E-state index is 0.127. The number of rotatable bonds is 2. The normalized spacial score (nSPS) is 18.5. The number of ether oxygens (including phenoxy) is 1. The van der Waals surface area contributed by atoms with Gasteiger partial charge in [-0.25, -0.2) is 0 Å². The van der Waals surface area contributed by atoms with E-state index in [9.17, 15) is 4.79 Å². The Hall–Kier alpha value is -1.02. The van der Waals surface area contributed by atoms with Crippen molar-refractivity contribution in [3.8, 4) is 5.75 Å². The minimum atomic E-state index is 0.127. The number of hydrogen-bond donors (Lipinski definition) is 0. The Balaban J connectivity index is 2.42. The van der Waals surface area contributed by atoms with Gasteiger partial charge >= 0.3 is 0 Å². The molecule has 80 valence electrons. The van der Waals surface area contributed by atoms with Crippen LogP contribution in [0.5, 0.6) is 5.75 Å². The summed E-state index contributed by atoms with van der Waals surface area (Å²) in [6, 6.07) is 3.74. The summed E-state index contributed by atoms with van der Waals surface area (Å²) in [5, 5.41) is 0.683. The van der Waals surface area contributed by atoms with Crippen LogP contribution >= 0.6 is 11.6 Å². The van der Waals surface area contributed by atoms with E-state index in [1.54, 1.807) is 6.92 Å². The zero-order chi connectivity index (χ0) is 11.0. The first-order valence-corrected chi connectivity index (χ1v) is 5.41. The molecule has 0 N–H and O–H groups in total. The second-order valence-corrected chi connectivity index (χ2v) is 4.50. The topological polar surface area (TPSA) is 26.3 Å². The van der Waals surface area contributed by atoms with E-state index in [4.69, 9.17) is 16.3 Å². The van der Waals surface area contributed by atoms with Crippen LogP contribution < -0.4 is 4.74 Å². The van der Waals surface area contributed by atoms with Crippen LogP contribution in [0.25, 0.3) is 0 Å². The summed E-state index contributed by atoms with van der Waals surface area (Å²) in [6.07, 6.45) is 1.46. The molecular formula is C12H13ClO2. The molecule has 1 atom stereocenters. The molecule has 1 heterocycles. The Labute approximate surface area is 94.2 Å². The average molecular weight is 225 g/mol. The third-order valence-electron chi connectivity index (χ3n) is 2.47. The molecule has 0 bridgehead atoms. The van der Waals surface area contributed by atoms with E-state index >= 15 is 0 Å². The summed E-state index contributed by atoms with van der Waals surface area (Å²) in [6.45, 7) is 3.59. The number of carbonyl (C=O) groups is 1. The highest BCUT2D eigenvalue weighted by atomic mass is 35.5. The van der Waals surface area contributed by atoms with E-state index in [0.717, 1.165) is 23.3 Å². The van der Waals surface area contributed by atoms with Crippen molar-refractivity contribution in [2.75, 3.05) is 0 Å². The largest absolute Gasteiger partial charge is 0.490 e. The lowest BCUT2D eigenvalue weighted by Gasteiger charge is -2.08. The van der Waals surface area contributed by atoms with Crippen LogP contribution in [0, 0.1) is 0 Å². The van der Waals surface area contributed by atoms with Crippen molar-refractivity contribution in [3.05, 3.63) is 28.3 Å². The first kappa shape index (κ1) is 10.5. The predicted octanol–water partition coefficient (Wildman–Crippen LogP) is 2.79. The molecule has 0 radical (unpaired) electrons. The minimum Gasteiger partial charge on any atom is -0.490 e. The van der Waals surface area contributed by atoms with Gasteiger partial charge in [0.25, 0.3) is 0 Å². The van der Waals surface area contributed by atoms with E-state index in [1.807, 2.05) is 19.1 Å². The first-order valence-electron chi connectivity index (χ1n) is 5.03. The fourth-order valence-corrected chi connectivity index (χ4v) is 2.23. The van der Waals surface area contributed by atoms with E-state index in [-0.39, 0.29) is 11.9 Å². The van der Waals surface area contributed by atoms with Crippen LogP contribution in [-0.4, -0.2) is 11.9 Å². The van der Waals surface area contributed by atoms with Crippen LogP contribution in [0.3, 0.4) is 0 Å². The molecular weight excluding hydrogens is 212 g/mol. The van der Waals surface area contributed by atoms with E-state index in [0.29, 0.717) is 11.4 Å². The highest BCUT2D eigenvalue weighted by Gasteiger charge is 2.23. The fraction of sp³-hybridized carbons (Fsp3) is 0.417. The summed E-state index contributed by atoms with van der Waals surface area (Å²) >= 11 is 5.99. The second-order valence-electron chi connectivity index (χ2n) is 4.06. The summed E-state index contributed by atoms with van der Waals surface area (Å²) in [5.41, 5.74) is 2.03. The van der Waals surface area contributed by atoms with E-state index in [1.165, 1.54) is 0 Å². The Morgan fingerprint density at radius 1 is 1.60 bits per heavy atom. The number of benzene rings is 1. The molecule has 0 aliphatic carbocycles. The van der Waals surface area contributed by atoms with Gasteiger partial charge in [0, 0.05) is 23.4 Å². The molecule has 3 heteroatoms. The summed E-state index contributed by atoms with van der Waals surface area (Å²) in [5.74, 6) is 0.990. The van der Waals surface area contributed by atoms with Crippen molar-refractivity contribution in [2.24, 2.45) is 0 Å². The molecule has 15 heavy (non-hydrogen) atoms. The average Bonchev–Trinajstić information content (AvgIpc) is 2.44. The molecule has 1 aliphatic heterocycles. The highest BCUT2D eigenvalue weighted by molar-refractivity contribution is 6.30. The van der Waals surface area contributed by atoms with Gasteiger partial charge in [-0.2, -0.15) is 0 Å². The maximum absolute atomic E-state index is 11.1. The van der Waals surface area contributed by atoms with Gasteiger partial charge in [0.05, 0.1) is 0 Å². The van der Waals surface area contributed by atoms with Crippen LogP contribution in [-0.2, 0) is 17.6 Å². The van der Waals surface area contributed by atoms with Crippen molar-refractivity contribution >= 4 is 17.4 Å². The molecule has 2 nitrogen and oxygen atoms in total. The van der Waals surface area contributed by atoms with E-state index < -0.39 is 0 Å². The molecule has 0 amide bonds. The fourth-order valence-electron chi connectivity index (χ4n) is 1.97. The third kappa shape index (κ3) is 2.15. The standard InChI is InChI=1S/C12H13ClO2/c1-7(14)3-9-5-11(13)6-10-4-8(2)15-12(9)10/h5-6,8H,3-4H2,1-2H3. The van der Waals surface area contributed by atoms with E-state index in [2.05, 4.69) is 0 Å². The molecule has 1 unspecified atom stereocenters. The number of carbonyl (C=O) groups excluding carboxylic acids is 1. The molecule has 0 spiro atoms. The molecule has 1 aliphatic rings. The summed E-state index contributed by atoms with van der Waals surface area (Å²) in [7, 11) is 0. The van der Waals surface area contributed by atoms with Gasteiger partial charge in [0.2, 0.25) is 0 Å². The maximum Gasteiger partial charge on any atom is 0.134 e. The van der Waals surface area contributed by atoms with Crippen LogP contribution in [0.2, 0.25) is 5.02 Å². The van der Waals surface area contributed by atoms with Gasteiger partial charge in [-0.1, -0.05) is 11.6 Å². The Kier molecular flexibility index (Phi) is 2.70. The number of halogens is 1. The maximum atomic E-state index is 11.1. The molecule has 2 rings (SSSR count). The van der Waals surface area contributed by atoms with Gasteiger partial charge in [-0.3, -0.25) is 4.79 Å². The number of fused-ring (bicyclic) bond motifs is 1. The lowest BCUT2D eigenvalue weighted by atomic mass is 10.0. The molecule has 0 saturated carbocycles. The monoisotopic (exact) mass is 224 g/mol. The highest BCUT2D eigenvalue weighted by Crippen LogP contribution is 2.35. The number of Topliss-reactive ketones (excluding diaryl/α,β-unsaturated/α-hetero) is 1. The van der Waals surface area contributed by atoms with Gasteiger partial charge in [-0.15, -0.1) is 0 Å². The second kappa shape index (κ2) is 3.86. The first-order chi connectivity index (χ1) is 7.06. The Morgan fingerprint density at radius 2 is 2.33 bits per heavy atom. The summed E-state index contributed by atoms with van der Waals surface area (Å²) < 4.78 is 5.68. The molecule has 1 aromatic rings. The summed E-state index contributed by atoms with van der Waals surface area (Å²) in [4.78, 5) is 11.1. The van der Waals surface area contributed by atoms with Gasteiger partial charge in [0.1, 0.15) is 17.6 Å². The molecule has 0 aromatic heterocycles. The Morgan fingerprint density at radius 3 is 3.00 bits per heavy atom. The van der Waals surface area contributed by atoms with Crippen molar-refractivity contribution in [3.63, 3.8) is 0 Å². The van der Waals surface area contributed by atoms with Crippen molar-refractivity contribution in [2.45, 2.75) is 32.8 Å². The SMILES string of the molecule is CC(=O)Cc1cc(Cl)cc2c1OC(C)C2. The van der Waals surface area contributed by atoms with Gasteiger partial charge < -0.3 is 4.74 Å². The van der Waals surface area contributed by atoms with Gasteiger partial charge in [0.15, 0.2) is 0 Å². The van der Waals surface area contributed by atoms with Crippen molar-refractivity contribution in [1.29, 1.82) is 0 Å². The Bertz CT molecular complexity index is 412. The third-order valence-corrected chi connectivity index (χ3v) is 2.69. The van der Waals surface area contributed by atoms with Crippen LogP contribution in [0.4, 0.5) is 0 Å². The molecule has 1 aromatic carbocycles. The lowest BCUT2D eigenvalue weighted by Crippen LogP contribution is -2.06. The molecule has 0 fully saturated rings. The number of hydrogen-bond acceptors (Lipinski definition) is 2. The quantitative estimate of drug-likeness (QED) is 0.772. The molecule has 0 saturated heterocycles. The zero-order valence-corrected chi connectivity index (χ0v) is 9.60. The lowest BCUT2D eigenvalue weighted by molar-refractivity contribution is -0.116. The predicted molar refractivity (Wildman–Crippen MR) is 59.6 cm³/mol.